The van der Waals surface area contributed by atoms with Gasteiger partial charge < -0.3 is 10.2 Å². The molecular weight excluding hydrogens is 386 g/mol. The van der Waals surface area contributed by atoms with Crippen molar-refractivity contribution in [3.63, 3.8) is 0 Å². The second-order valence-corrected chi connectivity index (χ2v) is 11.4. The van der Waals surface area contributed by atoms with Gasteiger partial charge in [0.05, 0.1) is 5.25 Å². The standard InChI is InChI=1S/C22H31N3O3S/c1-2-25-10-9-22(14-25)12-17(13-22)29(27,28)24-21(26)23-20-18-7-3-5-15(18)11-16-6-4-8-19(16)20/h11,17H,2-10,12-14H2,1H3,(H2,23,24,26). The van der Waals surface area contributed by atoms with E-state index in [2.05, 4.69) is 27.9 Å². The van der Waals surface area contributed by atoms with Crippen LogP contribution in [0.3, 0.4) is 0 Å². The molecule has 4 aliphatic rings. The lowest BCUT2D eigenvalue weighted by Crippen LogP contribution is -2.52. The predicted octanol–water partition coefficient (Wildman–Crippen LogP) is 2.99. The first-order chi connectivity index (χ1) is 13.9. The highest BCUT2D eigenvalue weighted by Crippen LogP contribution is 2.50. The SMILES string of the molecule is CCN1CCC2(CC(S(=O)(=O)NC(=O)Nc3c4c(cc5c3CCC5)CCC4)C2)C1. The van der Waals surface area contributed by atoms with E-state index in [1.54, 1.807) is 0 Å². The number of rotatable bonds is 4. The minimum atomic E-state index is -3.64. The Morgan fingerprint density at radius 2 is 1.79 bits per heavy atom. The van der Waals surface area contributed by atoms with Crippen LogP contribution in [0.2, 0.25) is 0 Å². The van der Waals surface area contributed by atoms with E-state index >= 15 is 0 Å². The van der Waals surface area contributed by atoms with Crippen LogP contribution in [0.15, 0.2) is 6.07 Å². The number of nitrogens with zero attached hydrogens (tertiary/aromatic N) is 1. The molecule has 0 radical (unpaired) electrons. The number of anilines is 1. The molecule has 29 heavy (non-hydrogen) atoms. The Bertz CT molecular complexity index is 918. The molecule has 1 aliphatic heterocycles. The van der Waals surface area contributed by atoms with Crippen LogP contribution in [-0.2, 0) is 35.7 Å². The molecule has 0 unspecified atom stereocenters. The maximum absolute atomic E-state index is 12.8. The van der Waals surface area contributed by atoms with Gasteiger partial charge in [-0.25, -0.2) is 17.9 Å². The third kappa shape index (κ3) is 3.36. The molecule has 2 fully saturated rings. The Hall–Kier alpha value is -1.60. The van der Waals surface area contributed by atoms with Crippen molar-refractivity contribution in [2.45, 2.75) is 70.0 Å². The molecule has 5 rings (SSSR count). The van der Waals surface area contributed by atoms with E-state index in [1.807, 2.05) is 0 Å². The molecule has 7 heteroatoms. The number of urea groups is 1. The average molecular weight is 418 g/mol. The first-order valence-electron chi connectivity index (χ1n) is 11.1. The second-order valence-electron chi connectivity index (χ2n) is 9.48. The Morgan fingerprint density at radius 1 is 1.14 bits per heavy atom. The predicted molar refractivity (Wildman–Crippen MR) is 114 cm³/mol. The first kappa shape index (κ1) is 19.4. The van der Waals surface area contributed by atoms with Crippen LogP contribution in [0, 0.1) is 5.41 Å². The van der Waals surface area contributed by atoms with Crippen molar-refractivity contribution in [1.82, 2.24) is 9.62 Å². The summed E-state index contributed by atoms with van der Waals surface area (Å²) in [6.45, 7) is 5.21. The normalized spacial score (nSPS) is 28.2. The summed E-state index contributed by atoms with van der Waals surface area (Å²) in [5.74, 6) is 0. The van der Waals surface area contributed by atoms with Gasteiger partial charge in [0.1, 0.15) is 0 Å². The lowest BCUT2D eigenvalue weighted by Gasteiger charge is -2.44. The van der Waals surface area contributed by atoms with Gasteiger partial charge in [0.2, 0.25) is 10.0 Å². The number of benzene rings is 1. The summed E-state index contributed by atoms with van der Waals surface area (Å²) >= 11 is 0. The molecule has 1 heterocycles. The number of amides is 2. The Morgan fingerprint density at radius 3 is 2.38 bits per heavy atom. The van der Waals surface area contributed by atoms with Crippen molar-refractivity contribution in [3.05, 3.63) is 28.3 Å². The van der Waals surface area contributed by atoms with Gasteiger partial charge in [-0.3, -0.25) is 0 Å². The number of sulfonamides is 1. The molecule has 6 nitrogen and oxygen atoms in total. The lowest BCUT2D eigenvalue weighted by molar-refractivity contribution is 0.144. The van der Waals surface area contributed by atoms with Crippen molar-refractivity contribution < 1.29 is 13.2 Å². The van der Waals surface area contributed by atoms with Gasteiger partial charge >= 0.3 is 6.03 Å². The largest absolute Gasteiger partial charge is 0.332 e. The molecule has 158 valence electrons. The molecule has 1 saturated heterocycles. The van der Waals surface area contributed by atoms with Crippen LogP contribution >= 0.6 is 0 Å². The highest BCUT2D eigenvalue weighted by atomic mass is 32.2. The molecule has 1 saturated carbocycles. The number of fused-ring (bicyclic) bond motifs is 2. The van der Waals surface area contributed by atoms with Crippen LogP contribution in [0.25, 0.3) is 0 Å². The molecular formula is C22H31N3O3S. The van der Waals surface area contributed by atoms with E-state index in [1.165, 1.54) is 22.3 Å². The number of carbonyl (C=O) groups excluding carboxylic acids is 1. The maximum atomic E-state index is 12.8. The zero-order chi connectivity index (χ0) is 20.2. The van der Waals surface area contributed by atoms with Crippen molar-refractivity contribution in [3.8, 4) is 0 Å². The summed E-state index contributed by atoms with van der Waals surface area (Å²) in [5, 5.41) is 2.49. The first-order valence-corrected chi connectivity index (χ1v) is 12.7. The number of hydrogen-bond donors (Lipinski definition) is 2. The van der Waals surface area contributed by atoms with Gasteiger partial charge in [-0.05, 0) is 98.5 Å². The summed E-state index contributed by atoms with van der Waals surface area (Å²) in [5.41, 5.74) is 6.11. The molecule has 2 amide bonds. The highest BCUT2D eigenvalue weighted by Gasteiger charge is 2.52. The fourth-order valence-corrected chi connectivity index (χ4v) is 7.70. The quantitative estimate of drug-likeness (QED) is 0.789. The van der Waals surface area contributed by atoms with Crippen molar-refractivity contribution in [2.75, 3.05) is 25.0 Å². The van der Waals surface area contributed by atoms with Crippen LogP contribution < -0.4 is 10.0 Å². The number of likely N-dealkylation sites (tertiary alicyclic amines) is 1. The molecule has 1 spiro atoms. The topological polar surface area (TPSA) is 78.5 Å². The average Bonchev–Trinajstić information content (AvgIpc) is 3.38. The van der Waals surface area contributed by atoms with Gasteiger partial charge in [0.25, 0.3) is 0 Å². The van der Waals surface area contributed by atoms with Crippen LogP contribution in [0.5, 0.6) is 0 Å². The van der Waals surface area contributed by atoms with Crippen LogP contribution in [0.4, 0.5) is 10.5 Å². The van der Waals surface area contributed by atoms with Crippen molar-refractivity contribution in [1.29, 1.82) is 0 Å². The maximum Gasteiger partial charge on any atom is 0.332 e. The summed E-state index contributed by atoms with van der Waals surface area (Å²) in [6.07, 6.45) is 8.64. The zero-order valence-electron chi connectivity index (χ0n) is 17.2. The van der Waals surface area contributed by atoms with E-state index in [0.717, 1.165) is 70.3 Å². The van der Waals surface area contributed by atoms with Gasteiger partial charge in [-0.2, -0.15) is 0 Å². The van der Waals surface area contributed by atoms with Gasteiger partial charge in [-0.15, -0.1) is 0 Å². The van der Waals surface area contributed by atoms with Crippen molar-refractivity contribution in [2.24, 2.45) is 5.41 Å². The number of hydrogen-bond acceptors (Lipinski definition) is 4. The summed E-state index contributed by atoms with van der Waals surface area (Å²) < 4.78 is 27.9. The Labute approximate surface area is 173 Å². The fraction of sp³-hybridized carbons (Fsp3) is 0.682. The van der Waals surface area contributed by atoms with E-state index in [0.29, 0.717) is 12.8 Å². The fourth-order valence-electron chi connectivity index (χ4n) is 6.08. The monoisotopic (exact) mass is 417 g/mol. The van der Waals surface area contributed by atoms with Gasteiger partial charge in [-0.1, -0.05) is 13.0 Å². The minimum absolute atomic E-state index is 0.146. The van der Waals surface area contributed by atoms with E-state index in [4.69, 9.17) is 0 Å². The van der Waals surface area contributed by atoms with Crippen LogP contribution in [0.1, 0.15) is 61.3 Å². The third-order valence-electron chi connectivity index (χ3n) is 7.67. The van der Waals surface area contributed by atoms with E-state index in [-0.39, 0.29) is 5.41 Å². The van der Waals surface area contributed by atoms with E-state index in [9.17, 15) is 13.2 Å². The smallest absolute Gasteiger partial charge is 0.307 e. The molecule has 0 aromatic heterocycles. The molecule has 0 atom stereocenters. The van der Waals surface area contributed by atoms with E-state index < -0.39 is 21.3 Å². The van der Waals surface area contributed by atoms with Crippen molar-refractivity contribution >= 4 is 21.7 Å². The number of nitrogens with one attached hydrogen (secondary N) is 2. The zero-order valence-corrected chi connectivity index (χ0v) is 18.0. The number of aryl methyl sites for hydroxylation is 2. The van der Waals surface area contributed by atoms with Gasteiger partial charge in [0, 0.05) is 12.2 Å². The summed E-state index contributed by atoms with van der Waals surface area (Å²) in [6, 6.07) is 1.71. The third-order valence-corrected chi connectivity index (χ3v) is 9.35. The Balaban J connectivity index is 1.26. The number of carbonyl (C=O) groups is 1. The molecule has 2 N–H and O–H groups in total. The molecule has 1 aromatic carbocycles. The van der Waals surface area contributed by atoms with Crippen LogP contribution in [-0.4, -0.2) is 44.2 Å². The lowest BCUT2D eigenvalue weighted by atomic mass is 9.68. The van der Waals surface area contributed by atoms with Gasteiger partial charge in [0.15, 0.2) is 0 Å². The Kier molecular flexibility index (Phi) is 4.66. The highest BCUT2D eigenvalue weighted by molar-refractivity contribution is 7.90. The second kappa shape index (κ2) is 6.98. The molecule has 0 bridgehead atoms. The molecule has 3 aliphatic carbocycles. The minimum Gasteiger partial charge on any atom is -0.307 e. The summed E-state index contributed by atoms with van der Waals surface area (Å²) in [4.78, 5) is 15.1. The summed E-state index contributed by atoms with van der Waals surface area (Å²) in [7, 11) is -3.64. The molecule has 1 aromatic rings.